The van der Waals surface area contributed by atoms with E-state index in [1.165, 1.54) is 0 Å². The Morgan fingerprint density at radius 1 is 0.632 bits per heavy atom. The zero-order valence-corrected chi connectivity index (χ0v) is 25.2. The summed E-state index contributed by atoms with van der Waals surface area (Å²) in [4.78, 5) is 26.7. The second-order valence-electron chi connectivity index (χ2n) is 14.2. The Hall–Kier alpha value is -2.04. The summed E-state index contributed by atoms with van der Waals surface area (Å²) < 4.78 is 0. The van der Waals surface area contributed by atoms with Crippen LogP contribution in [0.4, 0.5) is 0 Å². The molecule has 0 atom stereocenters. The van der Waals surface area contributed by atoms with Gasteiger partial charge in [-0.2, -0.15) is 0 Å². The fraction of sp³-hybridized carbons (Fsp3) is 0.647. The quantitative estimate of drug-likeness (QED) is 0.229. The molecule has 0 amide bonds. The van der Waals surface area contributed by atoms with Gasteiger partial charge in [0.25, 0.3) is 0 Å². The number of allylic oxidation sites excluding steroid dienone is 10. The van der Waals surface area contributed by atoms with Crippen LogP contribution >= 0.6 is 0 Å². The summed E-state index contributed by atoms with van der Waals surface area (Å²) in [6.07, 6.45) is 18.9. The van der Waals surface area contributed by atoms with Crippen LogP contribution in [0.15, 0.2) is 58.7 Å². The minimum Gasteiger partial charge on any atom is -0.396 e. The minimum absolute atomic E-state index is 0.0485. The first-order valence-electron chi connectivity index (χ1n) is 14.4. The standard InChI is InChI=1S/C34H52O4/c1-31(2,23-35)17-11-9-13-25-19-33(5,6)21-27(29(25)37)15-16-28-22-34(7,8)20-26(30(28)38)14-10-12-18-32(3,4)24-36/h15-16,19-22,35-36H,9-14,17-18,23-24H2,1-8H3. The number of hydrogen-bond acceptors (Lipinski definition) is 4. The van der Waals surface area contributed by atoms with Crippen molar-refractivity contribution in [3.63, 3.8) is 0 Å². The molecule has 0 fully saturated rings. The lowest BCUT2D eigenvalue weighted by Gasteiger charge is -2.26. The lowest BCUT2D eigenvalue weighted by atomic mass is 9.77. The lowest BCUT2D eigenvalue weighted by Crippen LogP contribution is -2.20. The van der Waals surface area contributed by atoms with Gasteiger partial charge < -0.3 is 10.2 Å². The molecular formula is C34H52O4. The van der Waals surface area contributed by atoms with Gasteiger partial charge in [-0.1, -0.05) is 105 Å². The first-order chi connectivity index (χ1) is 17.5. The van der Waals surface area contributed by atoms with Gasteiger partial charge in [-0.3, -0.25) is 9.59 Å². The minimum atomic E-state index is -0.231. The molecule has 0 saturated heterocycles. The summed E-state index contributed by atoms with van der Waals surface area (Å²) in [5.74, 6) is 0.0970. The Labute approximate surface area is 231 Å². The van der Waals surface area contributed by atoms with Crippen molar-refractivity contribution < 1.29 is 19.8 Å². The summed E-state index contributed by atoms with van der Waals surface area (Å²) in [6.45, 7) is 17.0. The predicted molar refractivity (Wildman–Crippen MR) is 158 cm³/mol. The van der Waals surface area contributed by atoms with E-state index in [0.29, 0.717) is 11.1 Å². The summed E-state index contributed by atoms with van der Waals surface area (Å²) in [6, 6.07) is 0. The first kappa shape index (κ1) is 32.2. The van der Waals surface area contributed by atoms with Crippen molar-refractivity contribution in [1.29, 1.82) is 0 Å². The molecule has 0 saturated carbocycles. The van der Waals surface area contributed by atoms with Crippen molar-refractivity contribution >= 4 is 11.6 Å². The average molecular weight is 525 g/mol. The van der Waals surface area contributed by atoms with Crippen molar-refractivity contribution in [1.82, 2.24) is 0 Å². The Morgan fingerprint density at radius 2 is 0.974 bits per heavy atom. The van der Waals surface area contributed by atoms with E-state index in [9.17, 15) is 19.8 Å². The van der Waals surface area contributed by atoms with Gasteiger partial charge in [0.2, 0.25) is 0 Å². The van der Waals surface area contributed by atoms with E-state index in [0.717, 1.165) is 62.5 Å². The first-order valence-corrected chi connectivity index (χ1v) is 14.4. The van der Waals surface area contributed by atoms with Gasteiger partial charge in [-0.25, -0.2) is 0 Å². The Bertz CT molecular complexity index is 943. The van der Waals surface area contributed by atoms with E-state index in [4.69, 9.17) is 0 Å². The Balaban J connectivity index is 2.08. The maximum atomic E-state index is 13.3. The van der Waals surface area contributed by atoms with E-state index in [1.807, 2.05) is 24.3 Å². The molecule has 212 valence electrons. The topological polar surface area (TPSA) is 74.6 Å². The summed E-state index contributed by atoms with van der Waals surface area (Å²) in [5.41, 5.74) is 2.35. The Morgan fingerprint density at radius 3 is 1.29 bits per heavy atom. The van der Waals surface area contributed by atoms with E-state index in [1.54, 1.807) is 0 Å². The van der Waals surface area contributed by atoms with Crippen LogP contribution in [0.25, 0.3) is 0 Å². The molecule has 4 heteroatoms. The van der Waals surface area contributed by atoms with Crippen LogP contribution in [-0.2, 0) is 9.59 Å². The number of Topliss-reactive ketones (excluding diaryl/α,β-unsaturated/α-hetero) is 2. The molecule has 0 heterocycles. The summed E-state index contributed by atoms with van der Waals surface area (Å²) in [5, 5.41) is 19.0. The molecule has 0 aromatic rings. The van der Waals surface area contributed by atoms with E-state index in [2.05, 4.69) is 67.5 Å². The van der Waals surface area contributed by atoms with Gasteiger partial charge in [0.15, 0.2) is 11.6 Å². The number of carbonyl (C=O) groups is 2. The van der Waals surface area contributed by atoms with Gasteiger partial charge >= 0.3 is 0 Å². The molecule has 2 aliphatic carbocycles. The van der Waals surface area contributed by atoms with Gasteiger partial charge in [-0.15, -0.1) is 0 Å². The summed E-state index contributed by atoms with van der Waals surface area (Å²) >= 11 is 0. The summed E-state index contributed by atoms with van der Waals surface area (Å²) in [7, 11) is 0. The molecule has 0 aromatic heterocycles. The van der Waals surface area contributed by atoms with Crippen molar-refractivity contribution in [2.75, 3.05) is 13.2 Å². The SMILES string of the molecule is CC1(C)C=C(C=CC2=CC(C)(C)C=C(CCCCC(C)(C)CO)C2=O)C(=O)C(CCCCC(C)(C)CO)=C1. The van der Waals surface area contributed by atoms with Crippen molar-refractivity contribution in [2.24, 2.45) is 21.7 Å². The van der Waals surface area contributed by atoms with E-state index in [-0.39, 0.29) is 46.4 Å². The van der Waals surface area contributed by atoms with Crippen molar-refractivity contribution in [3.8, 4) is 0 Å². The molecule has 2 aliphatic rings. The van der Waals surface area contributed by atoms with Gasteiger partial charge in [0, 0.05) is 35.2 Å². The molecule has 0 aliphatic heterocycles. The highest BCUT2D eigenvalue weighted by Gasteiger charge is 2.28. The number of unbranched alkanes of at least 4 members (excludes halogenated alkanes) is 2. The number of aliphatic hydroxyl groups is 2. The largest absolute Gasteiger partial charge is 0.396 e. The molecule has 0 radical (unpaired) electrons. The maximum Gasteiger partial charge on any atom is 0.188 e. The number of carbonyl (C=O) groups excluding carboxylic acids is 2. The molecule has 2 rings (SSSR count). The number of rotatable bonds is 14. The highest BCUT2D eigenvalue weighted by molar-refractivity contribution is 6.13. The van der Waals surface area contributed by atoms with Crippen LogP contribution < -0.4 is 0 Å². The number of hydrogen-bond donors (Lipinski definition) is 2. The van der Waals surface area contributed by atoms with Crippen LogP contribution in [0.2, 0.25) is 0 Å². The normalized spacial score (nSPS) is 19.8. The monoisotopic (exact) mass is 524 g/mol. The third kappa shape index (κ3) is 9.93. The van der Waals surface area contributed by atoms with Crippen LogP contribution in [0, 0.1) is 21.7 Å². The number of aliphatic hydroxyl groups excluding tert-OH is 2. The van der Waals surface area contributed by atoms with Crippen LogP contribution in [0.1, 0.15) is 107 Å². The molecule has 0 unspecified atom stereocenters. The zero-order valence-electron chi connectivity index (χ0n) is 25.2. The van der Waals surface area contributed by atoms with Gasteiger partial charge in [-0.05, 0) is 60.5 Å². The van der Waals surface area contributed by atoms with E-state index >= 15 is 0 Å². The third-order valence-corrected chi connectivity index (χ3v) is 7.65. The second kappa shape index (κ2) is 12.9. The van der Waals surface area contributed by atoms with Gasteiger partial charge in [0.05, 0.1) is 0 Å². The maximum absolute atomic E-state index is 13.3. The van der Waals surface area contributed by atoms with E-state index < -0.39 is 0 Å². The molecule has 0 spiro atoms. The number of ketones is 2. The smallest absolute Gasteiger partial charge is 0.188 e. The lowest BCUT2D eigenvalue weighted by molar-refractivity contribution is -0.113. The third-order valence-electron chi connectivity index (χ3n) is 7.65. The predicted octanol–water partition coefficient (Wildman–Crippen LogP) is 7.62. The van der Waals surface area contributed by atoms with Crippen LogP contribution in [0.3, 0.4) is 0 Å². The molecule has 38 heavy (non-hydrogen) atoms. The molecule has 2 N–H and O–H groups in total. The fourth-order valence-corrected chi connectivity index (χ4v) is 5.21. The fourth-order valence-electron chi connectivity index (χ4n) is 5.21. The van der Waals surface area contributed by atoms with Crippen LogP contribution in [-0.4, -0.2) is 35.0 Å². The highest BCUT2D eigenvalue weighted by Crippen LogP contribution is 2.35. The highest BCUT2D eigenvalue weighted by atomic mass is 16.3. The molecule has 4 nitrogen and oxygen atoms in total. The zero-order chi connectivity index (χ0) is 28.8. The molecular weight excluding hydrogens is 472 g/mol. The van der Waals surface area contributed by atoms with Crippen LogP contribution in [0.5, 0.6) is 0 Å². The Kier molecular flexibility index (Phi) is 10.9. The molecule has 0 bridgehead atoms. The second-order valence-corrected chi connectivity index (χ2v) is 14.2. The van der Waals surface area contributed by atoms with Gasteiger partial charge in [0.1, 0.15) is 0 Å². The molecule has 0 aromatic carbocycles. The average Bonchev–Trinajstić information content (AvgIpc) is 2.82. The van der Waals surface area contributed by atoms with Crippen molar-refractivity contribution in [2.45, 2.75) is 107 Å². The van der Waals surface area contributed by atoms with Crippen molar-refractivity contribution in [3.05, 3.63) is 58.7 Å².